The van der Waals surface area contributed by atoms with Crippen LogP contribution >= 0.6 is 25.3 Å². The van der Waals surface area contributed by atoms with Gasteiger partial charge < -0.3 is 31.8 Å². The molecule has 1 heterocycles. The van der Waals surface area contributed by atoms with Crippen LogP contribution in [0.1, 0.15) is 5.56 Å². The highest BCUT2D eigenvalue weighted by atomic mass is 32.1. The molecule has 1 aromatic heterocycles. The number of carboxylic acids is 1. The van der Waals surface area contributed by atoms with Crippen LogP contribution in [0.3, 0.4) is 0 Å². The molecule has 3 amide bonds. The highest BCUT2D eigenvalue weighted by Gasteiger charge is 2.25. The summed E-state index contributed by atoms with van der Waals surface area (Å²) in [6.07, 6.45) is 2.06. The Labute approximate surface area is 189 Å². The summed E-state index contributed by atoms with van der Waals surface area (Å²) in [5.74, 6) is -3.30. The molecule has 0 saturated carbocycles. The van der Waals surface area contributed by atoms with E-state index in [1.165, 1.54) is 0 Å². The summed E-state index contributed by atoms with van der Waals surface area (Å²) >= 11 is 7.86. The number of hydrogen-bond donors (Lipinski definition) is 8. The molecule has 7 N–H and O–H groups in total. The molecular formula is C19H25N5O5S2. The number of carboxylic acid groups (broad SMARTS) is 1. The Bertz CT molecular complexity index is 951. The Morgan fingerprint density at radius 2 is 1.71 bits per heavy atom. The van der Waals surface area contributed by atoms with Gasteiger partial charge in [0, 0.05) is 28.6 Å². The second-order valence-electron chi connectivity index (χ2n) is 6.77. The van der Waals surface area contributed by atoms with Crippen molar-refractivity contribution in [3.8, 4) is 0 Å². The number of aromatic amines is 1. The number of hydrogen-bond acceptors (Lipinski definition) is 7. The average Bonchev–Trinajstić information content (AvgIpc) is 3.16. The molecule has 168 valence electrons. The molecule has 0 saturated heterocycles. The van der Waals surface area contributed by atoms with Gasteiger partial charge in [0.05, 0.1) is 12.6 Å². The third kappa shape index (κ3) is 6.91. The van der Waals surface area contributed by atoms with Crippen molar-refractivity contribution in [1.82, 2.24) is 20.9 Å². The number of amides is 3. The highest BCUT2D eigenvalue weighted by molar-refractivity contribution is 7.80. The van der Waals surface area contributed by atoms with Crippen molar-refractivity contribution in [3.05, 3.63) is 36.0 Å². The van der Waals surface area contributed by atoms with E-state index in [4.69, 9.17) is 10.8 Å². The lowest BCUT2D eigenvalue weighted by Gasteiger charge is -2.19. The van der Waals surface area contributed by atoms with Crippen LogP contribution in [-0.4, -0.2) is 70.0 Å². The maximum Gasteiger partial charge on any atom is 0.327 e. The van der Waals surface area contributed by atoms with Crippen molar-refractivity contribution in [2.45, 2.75) is 24.5 Å². The smallest absolute Gasteiger partial charge is 0.327 e. The fourth-order valence-electron chi connectivity index (χ4n) is 2.83. The maximum absolute atomic E-state index is 12.3. The van der Waals surface area contributed by atoms with Crippen LogP contribution in [0.15, 0.2) is 30.5 Å². The molecule has 10 nitrogen and oxygen atoms in total. The molecule has 0 aliphatic carbocycles. The van der Waals surface area contributed by atoms with E-state index in [0.29, 0.717) is 0 Å². The minimum Gasteiger partial charge on any atom is -0.480 e. The van der Waals surface area contributed by atoms with Gasteiger partial charge in [-0.2, -0.15) is 25.3 Å². The molecule has 2 rings (SSSR count). The molecule has 3 atom stereocenters. The van der Waals surface area contributed by atoms with Crippen LogP contribution < -0.4 is 21.7 Å². The quantitative estimate of drug-likeness (QED) is 0.199. The topological polar surface area (TPSA) is 166 Å². The van der Waals surface area contributed by atoms with Crippen LogP contribution in [-0.2, 0) is 25.6 Å². The lowest BCUT2D eigenvalue weighted by molar-refractivity contribution is -0.141. The van der Waals surface area contributed by atoms with Crippen molar-refractivity contribution in [2.75, 3.05) is 18.1 Å². The molecule has 0 fully saturated rings. The largest absolute Gasteiger partial charge is 0.480 e. The normalized spacial score (nSPS) is 13.8. The summed E-state index contributed by atoms with van der Waals surface area (Å²) in [6, 6.07) is 4.47. The van der Waals surface area contributed by atoms with Crippen molar-refractivity contribution in [1.29, 1.82) is 0 Å². The zero-order valence-electron chi connectivity index (χ0n) is 16.5. The fraction of sp³-hybridized carbons (Fsp3) is 0.368. The number of benzene rings is 1. The summed E-state index contributed by atoms with van der Waals surface area (Å²) < 4.78 is 0. The summed E-state index contributed by atoms with van der Waals surface area (Å²) in [5, 5.41) is 17.0. The van der Waals surface area contributed by atoms with E-state index in [0.717, 1.165) is 16.5 Å². The summed E-state index contributed by atoms with van der Waals surface area (Å²) in [7, 11) is 0. The van der Waals surface area contributed by atoms with Gasteiger partial charge in [-0.1, -0.05) is 18.2 Å². The van der Waals surface area contributed by atoms with Crippen LogP contribution in [0.4, 0.5) is 0 Å². The minimum atomic E-state index is -1.25. The third-order valence-electron chi connectivity index (χ3n) is 4.51. The predicted octanol–water partition coefficient (Wildman–Crippen LogP) is -0.932. The molecular weight excluding hydrogens is 442 g/mol. The molecule has 0 aliphatic rings. The van der Waals surface area contributed by atoms with E-state index in [1.807, 2.05) is 24.3 Å². The monoisotopic (exact) mass is 467 g/mol. The lowest BCUT2D eigenvalue weighted by Crippen LogP contribution is -2.55. The van der Waals surface area contributed by atoms with Crippen molar-refractivity contribution >= 4 is 59.9 Å². The first-order chi connectivity index (χ1) is 14.8. The van der Waals surface area contributed by atoms with Gasteiger partial charge in [-0.3, -0.25) is 14.4 Å². The van der Waals surface area contributed by atoms with Gasteiger partial charge >= 0.3 is 5.97 Å². The van der Waals surface area contributed by atoms with Crippen molar-refractivity contribution in [2.24, 2.45) is 5.73 Å². The molecule has 0 aliphatic heterocycles. The van der Waals surface area contributed by atoms with Crippen LogP contribution in [0.25, 0.3) is 10.9 Å². The number of thiol groups is 2. The molecule has 3 unspecified atom stereocenters. The number of aromatic nitrogens is 1. The van der Waals surface area contributed by atoms with Gasteiger partial charge in [0.2, 0.25) is 17.7 Å². The second kappa shape index (κ2) is 11.6. The van der Waals surface area contributed by atoms with Crippen molar-refractivity contribution in [3.63, 3.8) is 0 Å². The first-order valence-electron chi connectivity index (χ1n) is 9.39. The van der Waals surface area contributed by atoms with E-state index in [1.54, 1.807) is 6.20 Å². The number of carbonyl (C=O) groups excluding carboxylic acids is 3. The fourth-order valence-corrected chi connectivity index (χ4v) is 3.33. The zero-order valence-corrected chi connectivity index (χ0v) is 18.3. The maximum atomic E-state index is 12.3. The van der Waals surface area contributed by atoms with Gasteiger partial charge in [0.1, 0.15) is 12.1 Å². The van der Waals surface area contributed by atoms with Gasteiger partial charge in [-0.25, -0.2) is 4.79 Å². The standard InChI is InChI=1S/C19H25N5O5S2/c20-12(5-10-6-21-13-4-2-1-3-11(10)13)17(26)22-7-16(25)23-14(8-30)18(27)24-15(9-31)19(28)29/h1-4,6,12,14-15,21,30-31H,5,7-9,20H2,(H,22,26)(H,23,25)(H,24,27)(H,28,29). The predicted molar refractivity (Wildman–Crippen MR) is 122 cm³/mol. The van der Waals surface area contributed by atoms with E-state index in [-0.39, 0.29) is 17.9 Å². The van der Waals surface area contributed by atoms with Crippen LogP contribution in [0.2, 0.25) is 0 Å². The molecule has 0 spiro atoms. The number of para-hydroxylation sites is 1. The number of nitrogens with one attached hydrogen (secondary N) is 4. The molecule has 31 heavy (non-hydrogen) atoms. The van der Waals surface area contributed by atoms with Gasteiger partial charge in [0.15, 0.2) is 0 Å². The Hall–Kier alpha value is -2.70. The number of fused-ring (bicyclic) bond motifs is 1. The Morgan fingerprint density at radius 1 is 1.03 bits per heavy atom. The number of rotatable bonds is 11. The average molecular weight is 468 g/mol. The molecule has 12 heteroatoms. The van der Waals surface area contributed by atoms with Gasteiger partial charge in [-0.05, 0) is 18.1 Å². The van der Waals surface area contributed by atoms with Gasteiger partial charge in [-0.15, -0.1) is 0 Å². The Morgan fingerprint density at radius 3 is 2.35 bits per heavy atom. The Kier molecular flexibility index (Phi) is 9.21. The van der Waals surface area contributed by atoms with Crippen LogP contribution in [0.5, 0.6) is 0 Å². The second-order valence-corrected chi connectivity index (χ2v) is 7.50. The summed E-state index contributed by atoms with van der Waals surface area (Å²) in [4.78, 5) is 50.6. The van der Waals surface area contributed by atoms with Gasteiger partial charge in [0.25, 0.3) is 0 Å². The van der Waals surface area contributed by atoms with E-state index in [2.05, 4.69) is 46.2 Å². The number of aliphatic carboxylic acids is 1. The first kappa shape index (κ1) is 24.6. The first-order valence-corrected chi connectivity index (χ1v) is 10.7. The highest BCUT2D eigenvalue weighted by Crippen LogP contribution is 2.18. The molecule has 0 bridgehead atoms. The lowest BCUT2D eigenvalue weighted by atomic mass is 10.1. The number of H-pyrrole nitrogens is 1. The molecule has 2 aromatic rings. The molecule has 1 aromatic carbocycles. The van der Waals surface area contributed by atoms with Crippen molar-refractivity contribution < 1.29 is 24.3 Å². The third-order valence-corrected chi connectivity index (χ3v) is 5.24. The Balaban J connectivity index is 1.84. The minimum absolute atomic E-state index is 0.0650. The summed E-state index contributed by atoms with van der Waals surface area (Å²) in [5.41, 5.74) is 7.78. The summed E-state index contributed by atoms with van der Waals surface area (Å²) in [6.45, 7) is -0.396. The van der Waals surface area contributed by atoms with E-state index < -0.39 is 48.4 Å². The van der Waals surface area contributed by atoms with E-state index >= 15 is 0 Å². The zero-order chi connectivity index (χ0) is 23.0. The molecule has 0 radical (unpaired) electrons. The van der Waals surface area contributed by atoms with E-state index in [9.17, 15) is 19.2 Å². The SMILES string of the molecule is NC(Cc1c[nH]c2ccccc12)C(=O)NCC(=O)NC(CS)C(=O)NC(CS)C(=O)O. The number of nitrogens with two attached hydrogens (primary N) is 1. The number of carbonyl (C=O) groups is 4. The van der Waals surface area contributed by atoms with Crippen LogP contribution in [0, 0.1) is 0 Å².